The largest absolute Gasteiger partial charge is 0.384 e. The van der Waals surface area contributed by atoms with Gasteiger partial charge >= 0.3 is 10.3 Å². The van der Waals surface area contributed by atoms with E-state index in [1.165, 1.54) is 14.1 Å². The highest BCUT2D eigenvalue weighted by Crippen LogP contribution is 2.30. The van der Waals surface area contributed by atoms with Crippen LogP contribution in [0.4, 0.5) is 0 Å². The van der Waals surface area contributed by atoms with E-state index < -0.39 is 10.3 Å². The summed E-state index contributed by atoms with van der Waals surface area (Å²) in [5.41, 5.74) is 1.65. The Morgan fingerprint density at radius 1 is 0.895 bits per heavy atom. The Hall–Kier alpha value is -1.85. The lowest BCUT2D eigenvalue weighted by atomic mass is 10.1. The van der Waals surface area contributed by atoms with Crippen LogP contribution in [0.3, 0.4) is 0 Å². The summed E-state index contributed by atoms with van der Waals surface area (Å²) in [5, 5.41) is 0. The van der Waals surface area contributed by atoms with E-state index >= 15 is 0 Å². The minimum atomic E-state index is -3.75. The molecule has 0 bridgehead atoms. The highest BCUT2D eigenvalue weighted by molar-refractivity contribution is 7.84. The Bertz CT molecular complexity index is 651. The molecule has 0 atom stereocenters. The molecule has 0 heterocycles. The molecule has 0 saturated heterocycles. The van der Waals surface area contributed by atoms with E-state index in [-0.39, 0.29) is 0 Å². The number of para-hydroxylation sites is 1. The van der Waals surface area contributed by atoms with Crippen molar-refractivity contribution >= 4 is 10.3 Å². The normalized spacial score (nSPS) is 11.5. The monoisotopic (exact) mass is 277 g/mol. The lowest BCUT2D eigenvalue weighted by molar-refractivity contribution is 0.422. The third-order valence-corrected chi connectivity index (χ3v) is 3.90. The van der Waals surface area contributed by atoms with Crippen molar-refractivity contribution in [3.05, 3.63) is 54.6 Å². The Morgan fingerprint density at radius 2 is 1.47 bits per heavy atom. The van der Waals surface area contributed by atoms with E-state index in [4.69, 9.17) is 4.18 Å². The van der Waals surface area contributed by atoms with Crippen molar-refractivity contribution in [1.29, 1.82) is 0 Å². The van der Waals surface area contributed by atoms with Crippen molar-refractivity contribution in [1.82, 2.24) is 4.31 Å². The first-order chi connectivity index (χ1) is 9.00. The van der Waals surface area contributed by atoms with Gasteiger partial charge in [-0.1, -0.05) is 48.5 Å². The van der Waals surface area contributed by atoms with Gasteiger partial charge in [-0.2, -0.15) is 12.7 Å². The second-order valence-corrected chi connectivity index (χ2v) is 5.94. The van der Waals surface area contributed by atoms with Gasteiger partial charge in [-0.3, -0.25) is 0 Å². The van der Waals surface area contributed by atoms with Crippen LogP contribution in [0.2, 0.25) is 0 Å². The van der Waals surface area contributed by atoms with Crippen LogP contribution in [-0.4, -0.2) is 26.8 Å². The second-order valence-electron chi connectivity index (χ2n) is 4.19. The minimum absolute atomic E-state index is 0.322. The standard InChI is InChI=1S/C14H15NO3S/c1-15(2)19(16,17)18-14-11-7-6-10-13(14)12-8-4-3-5-9-12/h3-11H,1-2H3. The first kappa shape index (κ1) is 13.6. The molecule has 2 aromatic rings. The van der Waals surface area contributed by atoms with E-state index in [9.17, 15) is 8.42 Å². The van der Waals surface area contributed by atoms with Crippen molar-refractivity contribution in [3.63, 3.8) is 0 Å². The molecule has 0 spiro atoms. The predicted molar refractivity (Wildman–Crippen MR) is 75.1 cm³/mol. The Morgan fingerprint density at radius 3 is 2.11 bits per heavy atom. The lowest BCUT2D eigenvalue weighted by Gasteiger charge is -2.14. The maximum Gasteiger partial charge on any atom is 0.384 e. The van der Waals surface area contributed by atoms with Gasteiger partial charge in [0, 0.05) is 19.7 Å². The van der Waals surface area contributed by atoms with Crippen LogP contribution in [0.25, 0.3) is 11.1 Å². The van der Waals surface area contributed by atoms with E-state index in [2.05, 4.69) is 0 Å². The SMILES string of the molecule is CN(C)S(=O)(=O)Oc1ccccc1-c1ccccc1. The smallest absolute Gasteiger partial charge is 0.370 e. The van der Waals surface area contributed by atoms with Gasteiger partial charge in [0.25, 0.3) is 0 Å². The molecule has 5 heteroatoms. The zero-order valence-corrected chi connectivity index (χ0v) is 11.6. The number of hydrogen-bond acceptors (Lipinski definition) is 3. The third-order valence-electron chi connectivity index (χ3n) is 2.61. The van der Waals surface area contributed by atoms with Crippen LogP contribution in [0.1, 0.15) is 0 Å². The van der Waals surface area contributed by atoms with Crippen LogP contribution in [0.5, 0.6) is 5.75 Å². The maximum absolute atomic E-state index is 11.8. The average Bonchev–Trinajstić information content (AvgIpc) is 2.40. The summed E-state index contributed by atoms with van der Waals surface area (Å²) in [6, 6.07) is 16.6. The van der Waals surface area contributed by atoms with Crippen molar-refractivity contribution in [2.75, 3.05) is 14.1 Å². The van der Waals surface area contributed by atoms with Gasteiger partial charge in [-0.25, -0.2) is 0 Å². The molecule has 0 aliphatic carbocycles. The van der Waals surface area contributed by atoms with Gasteiger partial charge in [0.2, 0.25) is 0 Å². The fraction of sp³-hybridized carbons (Fsp3) is 0.143. The number of rotatable bonds is 4. The molecule has 2 rings (SSSR count). The minimum Gasteiger partial charge on any atom is -0.370 e. The fourth-order valence-electron chi connectivity index (χ4n) is 1.58. The summed E-state index contributed by atoms with van der Waals surface area (Å²) in [6.07, 6.45) is 0. The van der Waals surface area contributed by atoms with Crippen molar-refractivity contribution < 1.29 is 12.6 Å². The van der Waals surface area contributed by atoms with Gasteiger partial charge in [-0.15, -0.1) is 0 Å². The second kappa shape index (κ2) is 5.42. The zero-order chi connectivity index (χ0) is 13.9. The van der Waals surface area contributed by atoms with E-state index in [1.54, 1.807) is 12.1 Å². The topological polar surface area (TPSA) is 46.6 Å². The summed E-state index contributed by atoms with van der Waals surface area (Å²) >= 11 is 0. The molecule has 0 aromatic heterocycles. The van der Waals surface area contributed by atoms with Crippen molar-refractivity contribution in [3.8, 4) is 16.9 Å². The lowest BCUT2D eigenvalue weighted by Crippen LogP contribution is -2.27. The highest BCUT2D eigenvalue weighted by Gasteiger charge is 2.18. The Labute approximate surface area is 113 Å². The van der Waals surface area contributed by atoms with Crippen molar-refractivity contribution in [2.24, 2.45) is 0 Å². The van der Waals surface area contributed by atoms with Crippen LogP contribution in [0, 0.1) is 0 Å². The van der Waals surface area contributed by atoms with Crippen LogP contribution in [-0.2, 0) is 10.3 Å². The molecule has 100 valence electrons. The van der Waals surface area contributed by atoms with Gasteiger partial charge in [0.1, 0.15) is 0 Å². The van der Waals surface area contributed by atoms with Crippen LogP contribution >= 0.6 is 0 Å². The number of hydrogen-bond donors (Lipinski definition) is 0. The molecular formula is C14H15NO3S. The molecule has 0 aliphatic heterocycles. The third kappa shape index (κ3) is 3.13. The predicted octanol–water partition coefficient (Wildman–Crippen LogP) is 2.54. The Kier molecular flexibility index (Phi) is 3.87. The van der Waals surface area contributed by atoms with Gasteiger partial charge in [-0.05, 0) is 11.6 Å². The summed E-state index contributed by atoms with van der Waals surface area (Å²) in [4.78, 5) is 0. The van der Waals surface area contributed by atoms with Gasteiger partial charge in [0.05, 0.1) is 0 Å². The number of benzene rings is 2. The maximum atomic E-state index is 11.8. The summed E-state index contributed by atoms with van der Waals surface area (Å²) in [7, 11) is -0.886. The Balaban J connectivity index is 2.44. The van der Waals surface area contributed by atoms with Gasteiger partial charge in [0.15, 0.2) is 5.75 Å². The zero-order valence-electron chi connectivity index (χ0n) is 10.8. The fourth-order valence-corrected chi connectivity index (χ4v) is 2.10. The van der Waals surface area contributed by atoms with E-state index in [0.29, 0.717) is 5.75 Å². The molecule has 4 nitrogen and oxygen atoms in total. The highest BCUT2D eigenvalue weighted by atomic mass is 32.2. The molecule has 0 unspecified atom stereocenters. The molecule has 0 amide bonds. The molecular weight excluding hydrogens is 262 g/mol. The molecule has 0 fully saturated rings. The van der Waals surface area contributed by atoms with E-state index in [1.807, 2.05) is 42.5 Å². The van der Waals surface area contributed by atoms with Gasteiger partial charge < -0.3 is 4.18 Å². The molecule has 0 N–H and O–H groups in total. The first-order valence-electron chi connectivity index (χ1n) is 5.77. The summed E-state index contributed by atoms with van der Waals surface area (Å²) in [5.74, 6) is 0.322. The molecule has 19 heavy (non-hydrogen) atoms. The quantitative estimate of drug-likeness (QED) is 0.862. The average molecular weight is 277 g/mol. The molecule has 0 aliphatic rings. The summed E-state index contributed by atoms with van der Waals surface area (Å²) in [6.45, 7) is 0. The number of nitrogens with zero attached hydrogens (tertiary/aromatic N) is 1. The summed E-state index contributed by atoms with van der Waals surface area (Å²) < 4.78 is 29.8. The molecule has 0 saturated carbocycles. The first-order valence-corrected chi connectivity index (χ1v) is 7.13. The van der Waals surface area contributed by atoms with E-state index in [0.717, 1.165) is 15.4 Å². The molecule has 2 aromatic carbocycles. The molecule has 0 radical (unpaired) electrons. The van der Waals surface area contributed by atoms with Crippen LogP contribution < -0.4 is 4.18 Å². The van der Waals surface area contributed by atoms with Crippen LogP contribution in [0.15, 0.2) is 54.6 Å². The van der Waals surface area contributed by atoms with Crippen molar-refractivity contribution in [2.45, 2.75) is 0 Å².